The minimum absolute atomic E-state index is 0.460. The van der Waals surface area contributed by atoms with E-state index in [-0.39, 0.29) is 0 Å². The zero-order chi connectivity index (χ0) is 14.0. The molecule has 0 spiro atoms. The third-order valence-electron chi connectivity index (χ3n) is 3.46. The lowest BCUT2D eigenvalue weighted by molar-refractivity contribution is 0.506. The summed E-state index contributed by atoms with van der Waals surface area (Å²) in [4.78, 5) is 0. The number of furan rings is 1. The second kappa shape index (κ2) is 6.10. The molecule has 0 aliphatic carbocycles. The highest BCUT2D eigenvalue weighted by Gasteiger charge is 2.16. The second-order valence-corrected chi connectivity index (χ2v) is 6.27. The van der Waals surface area contributed by atoms with Gasteiger partial charge in [-0.25, -0.2) is 0 Å². The van der Waals surface area contributed by atoms with E-state index in [0.717, 1.165) is 35.3 Å². The maximum absolute atomic E-state index is 6.11. The van der Waals surface area contributed by atoms with Crippen LogP contribution in [0.1, 0.15) is 50.0 Å². The number of hydrogen-bond donors (Lipinski definition) is 1. The molecule has 0 aliphatic heterocycles. The van der Waals surface area contributed by atoms with E-state index in [1.807, 2.05) is 0 Å². The minimum atomic E-state index is 0.460. The van der Waals surface area contributed by atoms with Crippen molar-refractivity contribution in [3.05, 3.63) is 33.5 Å². The van der Waals surface area contributed by atoms with Crippen molar-refractivity contribution >= 4 is 26.9 Å². The van der Waals surface area contributed by atoms with E-state index in [1.54, 1.807) is 0 Å². The minimum Gasteiger partial charge on any atom is -0.459 e. The summed E-state index contributed by atoms with van der Waals surface area (Å²) >= 11 is 3.60. The Bertz CT molecular complexity index is 572. The molecule has 0 bridgehead atoms. The molecule has 2 aromatic rings. The predicted molar refractivity (Wildman–Crippen MR) is 84.7 cm³/mol. The van der Waals surface area contributed by atoms with Gasteiger partial charge in [0.15, 0.2) is 0 Å². The number of benzene rings is 1. The van der Waals surface area contributed by atoms with Gasteiger partial charge in [-0.1, -0.05) is 36.7 Å². The summed E-state index contributed by atoms with van der Waals surface area (Å²) < 4.78 is 7.24. The van der Waals surface area contributed by atoms with Gasteiger partial charge in [0.2, 0.25) is 0 Å². The van der Waals surface area contributed by atoms with Gasteiger partial charge in [-0.05, 0) is 49.1 Å². The first-order valence-electron chi connectivity index (χ1n) is 6.96. The summed E-state index contributed by atoms with van der Waals surface area (Å²) in [6.45, 7) is 10.6. The molecule has 1 heterocycles. The molecule has 0 radical (unpaired) electrons. The van der Waals surface area contributed by atoms with Crippen molar-refractivity contribution in [2.45, 2.75) is 46.6 Å². The number of rotatable bonds is 5. The van der Waals surface area contributed by atoms with Crippen LogP contribution in [0.2, 0.25) is 0 Å². The molecule has 1 N–H and O–H groups in total. The lowest BCUT2D eigenvalue weighted by Crippen LogP contribution is -2.13. The van der Waals surface area contributed by atoms with E-state index in [0.29, 0.717) is 5.92 Å². The van der Waals surface area contributed by atoms with Gasteiger partial charge >= 0.3 is 0 Å². The van der Waals surface area contributed by atoms with Crippen molar-refractivity contribution in [1.82, 2.24) is 5.32 Å². The van der Waals surface area contributed by atoms with Crippen LogP contribution < -0.4 is 5.32 Å². The smallest absolute Gasteiger partial charge is 0.138 e. The van der Waals surface area contributed by atoms with E-state index in [9.17, 15) is 0 Å². The van der Waals surface area contributed by atoms with E-state index in [4.69, 9.17) is 4.42 Å². The van der Waals surface area contributed by atoms with Gasteiger partial charge in [-0.2, -0.15) is 0 Å². The van der Waals surface area contributed by atoms with Crippen molar-refractivity contribution in [3.63, 3.8) is 0 Å². The standard InChI is InChI=1S/C16H22BrNO/c1-5-6-18-9-15-11(4)14-8-12(17)7-13(10(2)3)16(14)19-15/h7-8,10,18H,5-6,9H2,1-4H3. The van der Waals surface area contributed by atoms with Crippen LogP contribution in [-0.2, 0) is 6.54 Å². The number of halogens is 1. The Morgan fingerprint density at radius 1 is 1.32 bits per heavy atom. The van der Waals surface area contributed by atoms with Crippen LogP contribution in [0.5, 0.6) is 0 Å². The second-order valence-electron chi connectivity index (χ2n) is 5.35. The third kappa shape index (κ3) is 3.03. The Hall–Kier alpha value is -0.800. The predicted octanol–water partition coefficient (Wildman–Crippen LogP) is 5.13. The normalized spacial score (nSPS) is 11.7. The first-order valence-corrected chi connectivity index (χ1v) is 7.76. The molecule has 3 heteroatoms. The first kappa shape index (κ1) is 14.6. The Morgan fingerprint density at radius 2 is 2.05 bits per heavy atom. The molecular formula is C16H22BrNO. The number of aryl methyl sites for hydroxylation is 1. The Kier molecular flexibility index (Phi) is 4.69. The van der Waals surface area contributed by atoms with Crippen molar-refractivity contribution in [2.75, 3.05) is 6.54 Å². The van der Waals surface area contributed by atoms with Gasteiger partial charge in [-0.15, -0.1) is 0 Å². The molecule has 0 atom stereocenters. The average Bonchev–Trinajstić information content (AvgIpc) is 2.66. The van der Waals surface area contributed by atoms with E-state index in [1.165, 1.54) is 16.5 Å². The summed E-state index contributed by atoms with van der Waals surface area (Å²) in [5.74, 6) is 1.52. The molecule has 1 aromatic heterocycles. The summed E-state index contributed by atoms with van der Waals surface area (Å²) in [5.41, 5.74) is 3.57. The van der Waals surface area contributed by atoms with Gasteiger partial charge in [0.25, 0.3) is 0 Å². The Morgan fingerprint density at radius 3 is 2.68 bits per heavy atom. The van der Waals surface area contributed by atoms with Gasteiger partial charge in [-0.3, -0.25) is 0 Å². The van der Waals surface area contributed by atoms with Crippen molar-refractivity contribution in [2.24, 2.45) is 0 Å². The first-order chi connectivity index (χ1) is 9.04. The van der Waals surface area contributed by atoms with Crippen molar-refractivity contribution in [3.8, 4) is 0 Å². The van der Waals surface area contributed by atoms with Gasteiger partial charge in [0.05, 0.1) is 6.54 Å². The monoisotopic (exact) mass is 323 g/mol. The molecule has 0 saturated heterocycles. The topological polar surface area (TPSA) is 25.2 Å². The maximum Gasteiger partial charge on any atom is 0.138 e. The summed E-state index contributed by atoms with van der Waals surface area (Å²) in [6.07, 6.45) is 1.14. The fourth-order valence-electron chi connectivity index (χ4n) is 2.33. The largest absolute Gasteiger partial charge is 0.459 e. The Balaban J connectivity index is 2.46. The molecule has 2 nitrogen and oxygen atoms in total. The van der Waals surface area contributed by atoms with Gasteiger partial charge < -0.3 is 9.73 Å². The fraction of sp³-hybridized carbons (Fsp3) is 0.500. The summed E-state index contributed by atoms with van der Waals surface area (Å²) in [6, 6.07) is 4.32. The lowest BCUT2D eigenvalue weighted by atomic mass is 10.00. The van der Waals surface area contributed by atoms with Gasteiger partial charge in [0, 0.05) is 9.86 Å². The zero-order valence-electron chi connectivity index (χ0n) is 12.1. The van der Waals surface area contributed by atoms with Crippen LogP contribution in [0.4, 0.5) is 0 Å². The van der Waals surface area contributed by atoms with Crippen LogP contribution >= 0.6 is 15.9 Å². The highest BCUT2D eigenvalue weighted by molar-refractivity contribution is 9.10. The molecule has 0 unspecified atom stereocenters. The summed E-state index contributed by atoms with van der Waals surface area (Å²) in [5, 5.41) is 4.64. The highest BCUT2D eigenvalue weighted by atomic mass is 79.9. The van der Waals surface area contributed by atoms with Crippen LogP contribution in [0, 0.1) is 6.92 Å². The van der Waals surface area contributed by atoms with E-state index < -0.39 is 0 Å². The Labute approximate surface area is 123 Å². The van der Waals surface area contributed by atoms with E-state index >= 15 is 0 Å². The fourth-order valence-corrected chi connectivity index (χ4v) is 2.81. The quantitative estimate of drug-likeness (QED) is 0.772. The molecule has 0 amide bonds. The molecule has 0 fully saturated rings. The zero-order valence-corrected chi connectivity index (χ0v) is 13.7. The molecule has 19 heavy (non-hydrogen) atoms. The number of fused-ring (bicyclic) bond motifs is 1. The van der Waals surface area contributed by atoms with E-state index in [2.05, 4.69) is 61.1 Å². The number of hydrogen-bond acceptors (Lipinski definition) is 2. The molecule has 1 aromatic carbocycles. The molecule has 2 rings (SSSR count). The van der Waals surface area contributed by atoms with Crippen LogP contribution in [0.25, 0.3) is 11.0 Å². The number of nitrogens with one attached hydrogen (secondary N) is 1. The maximum atomic E-state index is 6.11. The van der Waals surface area contributed by atoms with Crippen molar-refractivity contribution in [1.29, 1.82) is 0 Å². The average molecular weight is 324 g/mol. The SMILES string of the molecule is CCCNCc1oc2c(C(C)C)cc(Br)cc2c1C. The van der Waals surface area contributed by atoms with Crippen molar-refractivity contribution < 1.29 is 4.42 Å². The van der Waals surface area contributed by atoms with Crippen LogP contribution in [0.3, 0.4) is 0 Å². The van der Waals surface area contributed by atoms with Crippen LogP contribution in [0.15, 0.2) is 21.0 Å². The van der Waals surface area contributed by atoms with Gasteiger partial charge in [0.1, 0.15) is 11.3 Å². The molecular weight excluding hydrogens is 302 g/mol. The molecule has 104 valence electrons. The summed E-state index contributed by atoms with van der Waals surface area (Å²) in [7, 11) is 0. The highest BCUT2D eigenvalue weighted by Crippen LogP contribution is 2.34. The third-order valence-corrected chi connectivity index (χ3v) is 3.92. The molecule has 0 saturated carbocycles. The molecule has 0 aliphatic rings. The lowest BCUT2D eigenvalue weighted by Gasteiger charge is -2.06. The van der Waals surface area contributed by atoms with Crippen LogP contribution in [-0.4, -0.2) is 6.54 Å².